The molecule has 0 aromatic heterocycles. The fraction of sp³-hybridized carbons (Fsp3) is 0.917. The second-order valence-electron chi connectivity index (χ2n) is 4.90. The molecule has 0 radical (unpaired) electrons. The molecular formula is C12H27N5O. The molecule has 1 rings (SSSR count). The molecule has 3 N–H and O–H groups in total. The van der Waals surface area contributed by atoms with E-state index < -0.39 is 0 Å². The number of nitrogens with zero attached hydrogens (tertiary/aromatic N) is 3. The van der Waals surface area contributed by atoms with Gasteiger partial charge in [-0.25, -0.2) is 5.84 Å². The summed E-state index contributed by atoms with van der Waals surface area (Å²) in [4.78, 5) is 9.01. The van der Waals surface area contributed by atoms with Gasteiger partial charge in [0.1, 0.15) is 0 Å². The molecule has 1 heterocycles. The van der Waals surface area contributed by atoms with Crippen molar-refractivity contribution in [1.82, 2.24) is 15.2 Å². The van der Waals surface area contributed by atoms with Crippen molar-refractivity contribution in [3.63, 3.8) is 0 Å². The van der Waals surface area contributed by atoms with Crippen molar-refractivity contribution in [3.05, 3.63) is 0 Å². The van der Waals surface area contributed by atoms with Crippen LogP contribution < -0.4 is 11.3 Å². The Labute approximate surface area is 110 Å². The summed E-state index contributed by atoms with van der Waals surface area (Å²) in [5, 5.41) is 0. The third-order valence-corrected chi connectivity index (χ3v) is 3.32. The first-order chi connectivity index (χ1) is 8.69. The van der Waals surface area contributed by atoms with E-state index in [0.29, 0.717) is 6.04 Å². The first-order valence-electron chi connectivity index (χ1n) is 6.60. The van der Waals surface area contributed by atoms with Crippen LogP contribution in [0.25, 0.3) is 0 Å². The van der Waals surface area contributed by atoms with Gasteiger partial charge in [-0.05, 0) is 33.4 Å². The SMILES string of the molecule is COCCCN=C(NN)N1CCCC(N(C)C)C1. The number of likely N-dealkylation sites (N-methyl/N-ethyl adjacent to an activating group) is 1. The average molecular weight is 257 g/mol. The van der Waals surface area contributed by atoms with Gasteiger partial charge in [-0.3, -0.25) is 10.4 Å². The molecule has 0 spiro atoms. The fourth-order valence-corrected chi connectivity index (χ4v) is 2.20. The third-order valence-electron chi connectivity index (χ3n) is 3.32. The number of hydrogen-bond donors (Lipinski definition) is 2. The maximum Gasteiger partial charge on any atom is 0.208 e. The third kappa shape index (κ3) is 4.80. The van der Waals surface area contributed by atoms with E-state index in [1.165, 1.54) is 12.8 Å². The number of guanidine groups is 1. The average Bonchev–Trinajstić information content (AvgIpc) is 2.39. The van der Waals surface area contributed by atoms with Crippen LogP contribution in [0.1, 0.15) is 19.3 Å². The predicted molar refractivity (Wildman–Crippen MR) is 74.4 cm³/mol. The number of ether oxygens (including phenoxy) is 1. The number of methoxy groups -OCH3 is 1. The molecule has 1 aliphatic rings. The van der Waals surface area contributed by atoms with Crippen LogP contribution in [0.15, 0.2) is 4.99 Å². The Kier molecular flexibility index (Phi) is 7.00. The van der Waals surface area contributed by atoms with Gasteiger partial charge in [0.2, 0.25) is 5.96 Å². The highest BCUT2D eigenvalue weighted by Crippen LogP contribution is 2.13. The van der Waals surface area contributed by atoms with Crippen molar-refractivity contribution in [2.75, 3.05) is 47.4 Å². The Morgan fingerprint density at radius 1 is 1.56 bits per heavy atom. The molecule has 1 unspecified atom stereocenters. The zero-order valence-corrected chi connectivity index (χ0v) is 11.9. The van der Waals surface area contributed by atoms with Gasteiger partial charge in [0.05, 0.1) is 0 Å². The molecule has 1 fully saturated rings. The van der Waals surface area contributed by atoms with Crippen LogP contribution in [-0.2, 0) is 4.74 Å². The van der Waals surface area contributed by atoms with Gasteiger partial charge in [-0.15, -0.1) is 0 Å². The lowest BCUT2D eigenvalue weighted by atomic mass is 10.1. The Bertz CT molecular complexity index is 257. The summed E-state index contributed by atoms with van der Waals surface area (Å²) >= 11 is 0. The topological polar surface area (TPSA) is 66.1 Å². The number of rotatable bonds is 5. The highest BCUT2D eigenvalue weighted by molar-refractivity contribution is 5.79. The second-order valence-corrected chi connectivity index (χ2v) is 4.90. The highest BCUT2D eigenvalue weighted by atomic mass is 16.5. The maximum absolute atomic E-state index is 5.57. The van der Waals surface area contributed by atoms with E-state index in [2.05, 4.69) is 34.3 Å². The minimum absolute atomic E-state index is 0.580. The maximum atomic E-state index is 5.57. The van der Waals surface area contributed by atoms with E-state index >= 15 is 0 Å². The second kappa shape index (κ2) is 8.29. The molecule has 0 saturated carbocycles. The molecule has 6 heteroatoms. The Morgan fingerprint density at radius 2 is 2.33 bits per heavy atom. The van der Waals surface area contributed by atoms with Crippen LogP contribution in [0, 0.1) is 0 Å². The van der Waals surface area contributed by atoms with Crippen molar-refractivity contribution in [1.29, 1.82) is 0 Å². The van der Waals surface area contributed by atoms with Crippen molar-refractivity contribution < 1.29 is 4.74 Å². The molecule has 0 aromatic carbocycles. The summed E-state index contributed by atoms with van der Waals surface area (Å²) in [6, 6.07) is 0.580. The van der Waals surface area contributed by atoms with E-state index in [9.17, 15) is 0 Å². The molecule has 18 heavy (non-hydrogen) atoms. The molecule has 6 nitrogen and oxygen atoms in total. The van der Waals surface area contributed by atoms with Gasteiger partial charge in [0, 0.05) is 39.4 Å². The van der Waals surface area contributed by atoms with Crippen LogP contribution in [-0.4, -0.2) is 69.2 Å². The first kappa shape index (κ1) is 15.2. The molecule has 1 aliphatic heterocycles. The Hall–Kier alpha value is -0.850. The number of hydrogen-bond acceptors (Lipinski definition) is 4. The van der Waals surface area contributed by atoms with Gasteiger partial charge in [0.25, 0.3) is 0 Å². The summed E-state index contributed by atoms with van der Waals surface area (Å²) in [5.41, 5.74) is 2.72. The number of nitrogens with two attached hydrogens (primary N) is 1. The summed E-state index contributed by atoms with van der Waals surface area (Å²) < 4.78 is 5.01. The lowest BCUT2D eigenvalue weighted by Gasteiger charge is -2.37. The molecule has 0 bridgehead atoms. The normalized spacial score (nSPS) is 21.5. The molecule has 1 atom stereocenters. The molecule has 106 valence electrons. The summed E-state index contributed by atoms with van der Waals surface area (Å²) in [6.07, 6.45) is 3.35. The Morgan fingerprint density at radius 3 is 2.94 bits per heavy atom. The number of likely N-dealkylation sites (tertiary alicyclic amines) is 1. The van der Waals surface area contributed by atoms with Crippen molar-refractivity contribution in [2.45, 2.75) is 25.3 Å². The highest BCUT2D eigenvalue weighted by Gasteiger charge is 2.23. The zero-order chi connectivity index (χ0) is 13.4. The standard InChI is InChI=1S/C12H27N5O/c1-16(2)11-6-4-8-17(10-11)12(15-13)14-7-5-9-18-3/h11H,4-10,13H2,1-3H3,(H,14,15). The number of piperidine rings is 1. The van der Waals surface area contributed by atoms with Crippen LogP contribution in [0.2, 0.25) is 0 Å². The van der Waals surface area contributed by atoms with Gasteiger partial charge < -0.3 is 14.5 Å². The van der Waals surface area contributed by atoms with Crippen molar-refractivity contribution >= 4 is 5.96 Å². The van der Waals surface area contributed by atoms with Crippen molar-refractivity contribution in [3.8, 4) is 0 Å². The zero-order valence-electron chi connectivity index (χ0n) is 11.9. The van der Waals surface area contributed by atoms with Crippen molar-refractivity contribution in [2.24, 2.45) is 10.8 Å². The predicted octanol–water partition coefficient (Wildman–Crippen LogP) is -0.132. The number of nitrogens with one attached hydrogen (secondary N) is 1. The molecule has 0 aromatic rings. The van der Waals surface area contributed by atoms with E-state index in [4.69, 9.17) is 10.6 Å². The summed E-state index contributed by atoms with van der Waals surface area (Å²) in [5.74, 6) is 6.38. The van der Waals surface area contributed by atoms with E-state index in [1.54, 1.807) is 7.11 Å². The number of hydrazine groups is 1. The van der Waals surface area contributed by atoms with E-state index in [0.717, 1.165) is 38.6 Å². The Balaban J connectivity index is 2.47. The van der Waals surface area contributed by atoms with Crippen LogP contribution in [0.4, 0.5) is 0 Å². The van der Waals surface area contributed by atoms with Crippen LogP contribution >= 0.6 is 0 Å². The first-order valence-corrected chi connectivity index (χ1v) is 6.60. The van der Waals surface area contributed by atoms with E-state index in [-0.39, 0.29) is 0 Å². The van der Waals surface area contributed by atoms with Gasteiger partial charge >= 0.3 is 0 Å². The monoisotopic (exact) mass is 257 g/mol. The fourth-order valence-electron chi connectivity index (χ4n) is 2.20. The smallest absolute Gasteiger partial charge is 0.208 e. The number of aliphatic imine (C=N–C) groups is 1. The molecule has 0 amide bonds. The van der Waals surface area contributed by atoms with E-state index in [1.807, 2.05) is 0 Å². The molecule has 0 aliphatic carbocycles. The summed E-state index contributed by atoms with van der Waals surface area (Å²) in [7, 11) is 5.96. The van der Waals surface area contributed by atoms with Crippen LogP contribution in [0.5, 0.6) is 0 Å². The minimum atomic E-state index is 0.580. The minimum Gasteiger partial charge on any atom is -0.385 e. The largest absolute Gasteiger partial charge is 0.385 e. The molecular weight excluding hydrogens is 230 g/mol. The lowest BCUT2D eigenvalue weighted by Crippen LogP contribution is -2.53. The quantitative estimate of drug-likeness (QED) is 0.236. The van der Waals surface area contributed by atoms with Crippen LogP contribution in [0.3, 0.4) is 0 Å². The van der Waals surface area contributed by atoms with Gasteiger partial charge in [0.15, 0.2) is 0 Å². The lowest BCUT2D eigenvalue weighted by molar-refractivity contribution is 0.180. The molecule has 1 saturated heterocycles. The summed E-state index contributed by atoms with van der Waals surface area (Å²) in [6.45, 7) is 3.50. The van der Waals surface area contributed by atoms with Gasteiger partial charge in [-0.1, -0.05) is 0 Å². The van der Waals surface area contributed by atoms with Gasteiger partial charge in [-0.2, -0.15) is 0 Å².